The number of carbonyl (C=O) groups excluding carboxylic acids is 1. The summed E-state index contributed by atoms with van der Waals surface area (Å²) < 4.78 is 40.2. The molecule has 5 rings (SSSR count). The first kappa shape index (κ1) is 44.4. The van der Waals surface area contributed by atoms with E-state index in [1.54, 1.807) is 0 Å². The van der Waals surface area contributed by atoms with Gasteiger partial charge in [0.25, 0.3) is 0 Å². The van der Waals surface area contributed by atoms with Crippen LogP contribution < -0.4 is 0 Å². The molecule has 0 bridgehead atoms. The van der Waals surface area contributed by atoms with Gasteiger partial charge in [-0.2, -0.15) is 0 Å². The van der Waals surface area contributed by atoms with Crippen molar-refractivity contribution in [1.29, 1.82) is 0 Å². The molecule has 0 N–H and O–H groups in total. The molecule has 0 radical (unpaired) electrons. The molecule has 0 spiro atoms. The van der Waals surface area contributed by atoms with Gasteiger partial charge in [0.1, 0.15) is 30.7 Å². The van der Waals surface area contributed by atoms with Gasteiger partial charge in [-0.1, -0.05) is 192 Å². The Morgan fingerprint density at radius 1 is 0.421 bits per heavy atom. The van der Waals surface area contributed by atoms with Crippen molar-refractivity contribution in [3.05, 3.63) is 144 Å². The topological polar surface area (TPSA) is 72.5 Å². The van der Waals surface area contributed by atoms with Crippen LogP contribution in [0.5, 0.6) is 0 Å². The normalized spacial score (nSPS) is 19.4. The van der Waals surface area contributed by atoms with Crippen LogP contribution in [0.15, 0.2) is 121 Å². The van der Waals surface area contributed by atoms with Gasteiger partial charge in [-0.05, 0) is 35.1 Å². The molecule has 308 valence electrons. The van der Waals surface area contributed by atoms with Gasteiger partial charge in [0.05, 0.1) is 33.0 Å². The van der Waals surface area contributed by atoms with E-state index in [0.717, 1.165) is 47.8 Å². The first-order chi connectivity index (χ1) is 28.3. The molecule has 4 aromatic carbocycles. The van der Waals surface area contributed by atoms with Gasteiger partial charge in [-0.25, -0.2) is 0 Å². The Balaban J connectivity index is 1.21. The van der Waals surface area contributed by atoms with Crippen molar-refractivity contribution in [2.45, 2.75) is 147 Å². The first-order valence-electron chi connectivity index (χ1n) is 21.6. The van der Waals surface area contributed by atoms with Gasteiger partial charge in [-0.3, -0.25) is 0 Å². The van der Waals surface area contributed by atoms with Crippen LogP contribution in [-0.2, 0) is 59.6 Å². The Morgan fingerprint density at radius 2 is 0.807 bits per heavy atom. The Morgan fingerprint density at radius 3 is 1.26 bits per heavy atom. The number of hydrogen-bond donors (Lipinski definition) is 0. The smallest absolute Gasteiger partial charge is 0.186 e. The number of rotatable bonds is 30. The highest BCUT2D eigenvalue weighted by Crippen LogP contribution is 2.32. The minimum atomic E-state index is -0.665. The first-order valence-corrected chi connectivity index (χ1v) is 21.6. The van der Waals surface area contributed by atoms with Crippen LogP contribution in [0.4, 0.5) is 0 Å². The molecule has 0 amide bonds. The van der Waals surface area contributed by atoms with Crippen LogP contribution in [0, 0.1) is 0 Å². The molecule has 1 fully saturated rings. The summed E-state index contributed by atoms with van der Waals surface area (Å²) in [5, 5.41) is 0. The number of ether oxygens (including phenoxy) is 6. The Labute approximate surface area is 342 Å². The lowest BCUT2D eigenvalue weighted by atomic mass is 9.97. The second-order valence-electron chi connectivity index (χ2n) is 15.2. The van der Waals surface area contributed by atoms with E-state index in [-0.39, 0.29) is 0 Å². The minimum Gasteiger partial charge on any atom is -0.374 e. The summed E-state index contributed by atoms with van der Waals surface area (Å²) in [5.41, 5.74) is 4.31. The second kappa shape index (κ2) is 27.9. The summed E-state index contributed by atoms with van der Waals surface area (Å²) in [7, 11) is 0. The molecule has 5 atom stereocenters. The van der Waals surface area contributed by atoms with Crippen LogP contribution in [0.2, 0.25) is 0 Å². The van der Waals surface area contributed by atoms with Crippen LogP contribution in [0.25, 0.3) is 0 Å². The number of benzene rings is 4. The number of aldehydes is 1. The lowest BCUT2D eigenvalue weighted by Gasteiger charge is -2.46. The lowest BCUT2D eigenvalue weighted by Crippen LogP contribution is -2.61. The van der Waals surface area contributed by atoms with Crippen LogP contribution >= 0.6 is 0 Å². The van der Waals surface area contributed by atoms with E-state index in [2.05, 4.69) is 48.5 Å². The summed E-state index contributed by atoms with van der Waals surface area (Å²) in [6, 6.07) is 40.9. The summed E-state index contributed by atoms with van der Waals surface area (Å²) in [5.74, 6) is 0. The van der Waals surface area contributed by atoms with Crippen molar-refractivity contribution in [3.8, 4) is 0 Å². The van der Waals surface area contributed by atoms with Crippen LogP contribution in [0.3, 0.4) is 0 Å². The molecule has 7 nitrogen and oxygen atoms in total. The van der Waals surface area contributed by atoms with E-state index in [1.807, 2.05) is 72.8 Å². The third kappa shape index (κ3) is 17.4. The molecule has 57 heavy (non-hydrogen) atoms. The van der Waals surface area contributed by atoms with Gasteiger partial charge in [0, 0.05) is 13.0 Å². The molecule has 0 saturated carbocycles. The molecular formula is C50H66O7. The highest BCUT2D eigenvalue weighted by atomic mass is 16.7. The molecule has 7 heteroatoms. The molecule has 1 saturated heterocycles. The van der Waals surface area contributed by atoms with Crippen molar-refractivity contribution in [2.75, 3.05) is 13.2 Å². The quantitative estimate of drug-likeness (QED) is 0.0385. The van der Waals surface area contributed by atoms with Gasteiger partial charge < -0.3 is 33.2 Å². The van der Waals surface area contributed by atoms with Crippen molar-refractivity contribution in [1.82, 2.24) is 0 Å². The van der Waals surface area contributed by atoms with Crippen molar-refractivity contribution < 1.29 is 33.2 Å². The fraction of sp³-hybridized carbons (Fsp3) is 0.500. The zero-order valence-corrected chi connectivity index (χ0v) is 34.0. The predicted molar refractivity (Wildman–Crippen MR) is 226 cm³/mol. The molecule has 1 heterocycles. The molecular weight excluding hydrogens is 713 g/mol. The minimum absolute atomic E-state index is 0.312. The summed E-state index contributed by atoms with van der Waals surface area (Å²) in [6.07, 6.45) is 15.0. The van der Waals surface area contributed by atoms with Crippen LogP contribution in [-0.4, -0.2) is 50.2 Å². The van der Waals surface area contributed by atoms with E-state index in [9.17, 15) is 4.79 Å². The molecule has 0 aliphatic carbocycles. The third-order valence-corrected chi connectivity index (χ3v) is 10.6. The van der Waals surface area contributed by atoms with Crippen LogP contribution in [0.1, 0.15) is 112 Å². The number of unbranched alkanes of at least 4 members (excludes halogenated alkanes) is 13. The Bertz CT molecular complexity index is 1560. The van der Waals surface area contributed by atoms with E-state index >= 15 is 0 Å². The van der Waals surface area contributed by atoms with Gasteiger partial charge >= 0.3 is 0 Å². The molecule has 0 unspecified atom stereocenters. The summed E-state index contributed by atoms with van der Waals surface area (Å²) in [6.45, 7) is 2.53. The number of hydrogen-bond acceptors (Lipinski definition) is 7. The predicted octanol–water partition coefficient (Wildman–Crippen LogP) is 11.4. The van der Waals surface area contributed by atoms with E-state index in [1.165, 1.54) is 64.2 Å². The summed E-state index contributed by atoms with van der Waals surface area (Å²) >= 11 is 0. The maximum Gasteiger partial charge on any atom is 0.186 e. The van der Waals surface area contributed by atoms with Crippen molar-refractivity contribution in [2.24, 2.45) is 0 Å². The number of carbonyl (C=O) groups is 1. The molecule has 0 aromatic heterocycles. The fourth-order valence-corrected chi connectivity index (χ4v) is 7.36. The van der Waals surface area contributed by atoms with Gasteiger partial charge in [0.2, 0.25) is 0 Å². The molecule has 1 aliphatic rings. The summed E-state index contributed by atoms with van der Waals surface area (Å²) in [4.78, 5) is 10.5. The standard InChI is InChI=1S/C50H66O7/c51-35-25-11-9-7-5-3-1-2-4-6-8-10-12-26-36-53-50-49(56-40-45-33-23-16-24-34-45)48(55-39-44-31-21-15-22-32-44)47(54-38-43-29-19-14-20-30-43)46(57-50)41-52-37-42-27-17-13-18-28-42/h13-24,27-35,46-50H,1-12,25-26,36-41H2/t46-,47+,48+,49-,50-/m1/s1. The highest BCUT2D eigenvalue weighted by molar-refractivity contribution is 5.48. The van der Waals surface area contributed by atoms with Crippen molar-refractivity contribution in [3.63, 3.8) is 0 Å². The maximum absolute atomic E-state index is 10.5. The monoisotopic (exact) mass is 778 g/mol. The average Bonchev–Trinajstić information content (AvgIpc) is 3.26. The van der Waals surface area contributed by atoms with Gasteiger partial charge in [-0.15, -0.1) is 0 Å². The zero-order chi connectivity index (χ0) is 39.4. The average molecular weight is 779 g/mol. The second-order valence-corrected chi connectivity index (χ2v) is 15.2. The van der Waals surface area contributed by atoms with E-state index < -0.39 is 30.7 Å². The highest BCUT2D eigenvalue weighted by Gasteiger charge is 2.49. The largest absolute Gasteiger partial charge is 0.374 e. The van der Waals surface area contributed by atoms with E-state index in [4.69, 9.17) is 28.4 Å². The zero-order valence-electron chi connectivity index (χ0n) is 34.0. The van der Waals surface area contributed by atoms with Crippen molar-refractivity contribution >= 4 is 6.29 Å². The fourth-order valence-electron chi connectivity index (χ4n) is 7.36. The van der Waals surface area contributed by atoms with Gasteiger partial charge in [0.15, 0.2) is 6.29 Å². The Hall–Kier alpha value is -3.69. The molecule has 4 aromatic rings. The lowest BCUT2D eigenvalue weighted by molar-refractivity contribution is -0.328. The van der Waals surface area contributed by atoms with E-state index in [0.29, 0.717) is 46.1 Å². The Kier molecular flexibility index (Phi) is 21.7. The maximum atomic E-state index is 10.5. The third-order valence-electron chi connectivity index (χ3n) is 10.6. The SMILES string of the molecule is O=CCCCCCCCCCCCCCCCO[C@@H]1O[C@H](COCc2ccccc2)[C@H](OCc2ccccc2)[C@H](OCc2ccccc2)[C@H]1OCc1ccccc1. The molecule has 1 aliphatic heterocycles.